The quantitative estimate of drug-likeness (QED) is 0.827. The van der Waals surface area contributed by atoms with Crippen LogP contribution in [0.15, 0.2) is 24.4 Å². The van der Waals surface area contributed by atoms with E-state index < -0.39 is 0 Å². The number of amides is 2. The molecule has 1 atom stereocenters. The second kappa shape index (κ2) is 7.94. The molecule has 8 nitrogen and oxygen atoms in total. The molecule has 0 spiro atoms. The zero-order valence-corrected chi connectivity index (χ0v) is 16.4. The van der Waals surface area contributed by atoms with Crippen molar-refractivity contribution in [1.82, 2.24) is 20.2 Å². The first kappa shape index (κ1) is 18.3. The molecule has 0 radical (unpaired) electrons. The number of rotatable bonds is 4. The van der Waals surface area contributed by atoms with E-state index in [1.807, 2.05) is 24.4 Å². The highest BCUT2D eigenvalue weighted by Gasteiger charge is 2.25. The second-order valence-electron chi connectivity index (χ2n) is 7.86. The Labute approximate surface area is 169 Å². The second-order valence-corrected chi connectivity index (χ2v) is 7.86. The van der Waals surface area contributed by atoms with Crippen molar-refractivity contribution in [1.29, 1.82) is 0 Å². The summed E-state index contributed by atoms with van der Waals surface area (Å²) in [6.45, 7) is 1.80. The minimum Gasteiger partial charge on any atom is -0.454 e. The minimum absolute atomic E-state index is 0.0958. The van der Waals surface area contributed by atoms with Gasteiger partial charge < -0.3 is 29.4 Å². The van der Waals surface area contributed by atoms with Gasteiger partial charge in [0.1, 0.15) is 12.4 Å². The van der Waals surface area contributed by atoms with Crippen LogP contribution in [0.1, 0.15) is 37.9 Å². The smallest absolute Gasteiger partial charge is 0.315 e. The van der Waals surface area contributed by atoms with Crippen molar-refractivity contribution in [3.63, 3.8) is 0 Å². The molecule has 1 aromatic heterocycles. The van der Waals surface area contributed by atoms with E-state index in [4.69, 9.17) is 14.2 Å². The molecule has 1 saturated carbocycles. The highest BCUT2D eigenvalue weighted by atomic mass is 16.7. The van der Waals surface area contributed by atoms with Gasteiger partial charge in [0.15, 0.2) is 11.5 Å². The highest BCUT2D eigenvalue weighted by molar-refractivity contribution is 5.74. The zero-order valence-electron chi connectivity index (χ0n) is 16.4. The van der Waals surface area contributed by atoms with Gasteiger partial charge in [0.2, 0.25) is 6.79 Å². The molecular formula is C21H26N4O4. The summed E-state index contributed by atoms with van der Waals surface area (Å²) >= 11 is 0. The molecule has 1 aliphatic carbocycles. The molecule has 0 saturated heterocycles. The number of carbonyl (C=O) groups excluding carboxylic acids is 1. The Kier molecular flexibility index (Phi) is 5.01. The molecule has 5 rings (SSSR count). The van der Waals surface area contributed by atoms with E-state index in [2.05, 4.69) is 20.2 Å². The molecule has 2 N–H and O–H groups in total. The van der Waals surface area contributed by atoms with Gasteiger partial charge in [0.05, 0.1) is 24.5 Å². The summed E-state index contributed by atoms with van der Waals surface area (Å²) in [6, 6.07) is 6.11. The van der Waals surface area contributed by atoms with E-state index in [1.54, 1.807) is 0 Å². The summed E-state index contributed by atoms with van der Waals surface area (Å²) in [5.41, 5.74) is 2.04. The SMILES string of the molecule is O=C(NCC1Cn2c(-c3ccc4c(c3)OCO4)cnc2CO1)NC1CCCCC1. The summed E-state index contributed by atoms with van der Waals surface area (Å²) in [4.78, 5) is 16.7. The molecule has 29 heavy (non-hydrogen) atoms. The third-order valence-corrected chi connectivity index (χ3v) is 5.87. The lowest BCUT2D eigenvalue weighted by Gasteiger charge is -2.27. The van der Waals surface area contributed by atoms with E-state index in [9.17, 15) is 4.79 Å². The first-order valence-corrected chi connectivity index (χ1v) is 10.4. The highest BCUT2D eigenvalue weighted by Crippen LogP contribution is 2.36. The van der Waals surface area contributed by atoms with Gasteiger partial charge in [-0.05, 0) is 31.0 Å². The Morgan fingerprint density at radius 3 is 2.93 bits per heavy atom. The predicted molar refractivity (Wildman–Crippen MR) is 106 cm³/mol. The van der Waals surface area contributed by atoms with E-state index in [0.29, 0.717) is 25.7 Å². The summed E-state index contributed by atoms with van der Waals surface area (Å²) in [5, 5.41) is 6.05. The first-order valence-electron chi connectivity index (χ1n) is 10.4. The maximum atomic E-state index is 12.2. The van der Waals surface area contributed by atoms with Crippen molar-refractivity contribution in [3.05, 3.63) is 30.2 Å². The van der Waals surface area contributed by atoms with E-state index in [0.717, 1.165) is 41.4 Å². The van der Waals surface area contributed by atoms with Gasteiger partial charge in [0.25, 0.3) is 0 Å². The largest absolute Gasteiger partial charge is 0.454 e. The maximum absolute atomic E-state index is 12.2. The fourth-order valence-corrected chi connectivity index (χ4v) is 4.28. The normalized spacial score (nSPS) is 20.9. The Bertz CT molecular complexity index is 891. The van der Waals surface area contributed by atoms with Crippen molar-refractivity contribution in [2.75, 3.05) is 13.3 Å². The van der Waals surface area contributed by atoms with Gasteiger partial charge in [-0.3, -0.25) is 0 Å². The molecule has 3 aliphatic rings. The van der Waals surface area contributed by atoms with E-state index >= 15 is 0 Å². The van der Waals surface area contributed by atoms with Crippen LogP contribution in [-0.2, 0) is 17.9 Å². The van der Waals surface area contributed by atoms with Crippen molar-refractivity contribution >= 4 is 6.03 Å². The van der Waals surface area contributed by atoms with E-state index in [1.165, 1.54) is 19.3 Å². The van der Waals surface area contributed by atoms with E-state index in [-0.39, 0.29) is 18.9 Å². The number of imidazole rings is 1. The average Bonchev–Trinajstić information content (AvgIpc) is 3.39. The molecule has 2 aromatic rings. The summed E-state index contributed by atoms with van der Waals surface area (Å²) in [7, 11) is 0. The maximum Gasteiger partial charge on any atom is 0.315 e. The molecule has 1 fully saturated rings. The topological polar surface area (TPSA) is 86.6 Å². The van der Waals surface area contributed by atoms with Crippen molar-refractivity contribution < 1.29 is 19.0 Å². The Balaban J connectivity index is 1.22. The molecule has 3 heterocycles. The van der Waals surface area contributed by atoms with Gasteiger partial charge in [0, 0.05) is 18.2 Å². The van der Waals surface area contributed by atoms with Crippen LogP contribution in [0.2, 0.25) is 0 Å². The fourth-order valence-electron chi connectivity index (χ4n) is 4.28. The monoisotopic (exact) mass is 398 g/mol. The van der Waals surface area contributed by atoms with Crippen LogP contribution >= 0.6 is 0 Å². The van der Waals surface area contributed by atoms with Crippen LogP contribution in [0.25, 0.3) is 11.3 Å². The Hall–Kier alpha value is -2.74. The fraction of sp³-hybridized carbons (Fsp3) is 0.524. The molecule has 8 heteroatoms. The molecule has 1 unspecified atom stereocenters. The number of nitrogens with one attached hydrogen (secondary N) is 2. The standard InChI is InChI=1S/C21H26N4O4/c26-21(24-15-4-2-1-3-5-15)23-9-16-11-25-17(10-22-20(25)12-27-16)14-6-7-18-19(8-14)29-13-28-18/h6-8,10,15-16H,1-5,9,11-13H2,(H2,23,24,26). The number of aromatic nitrogens is 2. The van der Waals surface area contributed by atoms with Gasteiger partial charge in [-0.2, -0.15) is 0 Å². The lowest BCUT2D eigenvalue weighted by molar-refractivity contribution is 0.00486. The summed E-state index contributed by atoms with van der Waals surface area (Å²) in [6.07, 6.45) is 7.58. The summed E-state index contributed by atoms with van der Waals surface area (Å²) < 4.78 is 19.0. The number of benzene rings is 1. The van der Waals surface area contributed by atoms with Crippen LogP contribution in [0.3, 0.4) is 0 Å². The molecule has 154 valence electrons. The predicted octanol–water partition coefficient (Wildman–Crippen LogP) is 2.81. The molecule has 0 bridgehead atoms. The van der Waals surface area contributed by atoms with Crippen molar-refractivity contribution in [2.24, 2.45) is 0 Å². The van der Waals surface area contributed by atoms with Crippen LogP contribution < -0.4 is 20.1 Å². The molecular weight excluding hydrogens is 372 g/mol. The lowest BCUT2D eigenvalue weighted by Crippen LogP contribution is -2.46. The van der Waals surface area contributed by atoms with Gasteiger partial charge in [-0.25, -0.2) is 9.78 Å². The van der Waals surface area contributed by atoms with Crippen LogP contribution in [0, 0.1) is 0 Å². The zero-order chi connectivity index (χ0) is 19.6. The Morgan fingerprint density at radius 1 is 1.17 bits per heavy atom. The number of hydrogen-bond donors (Lipinski definition) is 2. The third kappa shape index (κ3) is 3.89. The number of nitrogens with zero attached hydrogens (tertiary/aromatic N) is 2. The third-order valence-electron chi connectivity index (χ3n) is 5.87. The number of ether oxygens (including phenoxy) is 3. The summed E-state index contributed by atoms with van der Waals surface area (Å²) in [5.74, 6) is 2.41. The average molecular weight is 398 g/mol. The van der Waals surface area contributed by atoms with Gasteiger partial charge in [-0.15, -0.1) is 0 Å². The molecule has 2 aliphatic heterocycles. The van der Waals surface area contributed by atoms with Gasteiger partial charge in [-0.1, -0.05) is 19.3 Å². The van der Waals surface area contributed by atoms with Gasteiger partial charge >= 0.3 is 6.03 Å². The van der Waals surface area contributed by atoms with Crippen LogP contribution in [0.5, 0.6) is 11.5 Å². The number of carbonyl (C=O) groups is 1. The van der Waals surface area contributed by atoms with Crippen molar-refractivity contribution in [2.45, 2.75) is 57.4 Å². The Morgan fingerprint density at radius 2 is 2.03 bits per heavy atom. The van der Waals surface area contributed by atoms with Crippen LogP contribution in [-0.4, -0.2) is 41.1 Å². The first-order chi connectivity index (χ1) is 14.3. The molecule has 1 aromatic carbocycles. The molecule has 2 amide bonds. The number of fused-ring (bicyclic) bond motifs is 2. The number of hydrogen-bond acceptors (Lipinski definition) is 5. The van der Waals surface area contributed by atoms with Crippen molar-refractivity contribution in [3.8, 4) is 22.8 Å². The lowest BCUT2D eigenvalue weighted by atomic mass is 9.96. The van der Waals surface area contributed by atoms with Crippen LogP contribution in [0.4, 0.5) is 4.79 Å². The minimum atomic E-state index is -0.104. The number of urea groups is 1.